The summed E-state index contributed by atoms with van der Waals surface area (Å²) in [4.78, 5) is 15.7. The molecule has 1 heterocycles. The Kier molecular flexibility index (Phi) is 4.06. The first-order chi connectivity index (χ1) is 9.11. The van der Waals surface area contributed by atoms with Gasteiger partial charge in [-0.1, -0.05) is 0 Å². The zero-order valence-electron chi connectivity index (χ0n) is 10.1. The molecule has 0 amide bonds. The van der Waals surface area contributed by atoms with Gasteiger partial charge in [0, 0.05) is 5.69 Å². The maximum atomic E-state index is 13.7. The molecule has 1 aromatic carbocycles. The van der Waals surface area contributed by atoms with E-state index in [0.29, 0.717) is 0 Å². The highest BCUT2D eigenvalue weighted by molar-refractivity contribution is 7.99. The molecule has 5 nitrogen and oxygen atoms in total. The van der Waals surface area contributed by atoms with Gasteiger partial charge in [0.1, 0.15) is 12.1 Å². The van der Waals surface area contributed by atoms with Gasteiger partial charge in [-0.25, -0.2) is 14.2 Å². The highest BCUT2D eigenvalue weighted by Gasteiger charge is 2.17. The fourth-order valence-corrected chi connectivity index (χ4v) is 2.13. The number of ether oxygens (including phenoxy) is 1. The van der Waals surface area contributed by atoms with Gasteiger partial charge in [-0.05, 0) is 30.8 Å². The number of hydrogen-bond donors (Lipinski definition) is 1. The summed E-state index contributed by atoms with van der Waals surface area (Å²) < 4.78 is 23.6. The monoisotopic (exact) mass is 282 g/mol. The molecule has 19 heavy (non-hydrogen) atoms. The van der Waals surface area contributed by atoms with Crippen LogP contribution in [0.3, 0.4) is 0 Å². The van der Waals surface area contributed by atoms with Crippen molar-refractivity contribution in [2.45, 2.75) is 17.0 Å². The molecule has 2 rings (SSSR count). The third-order valence-electron chi connectivity index (χ3n) is 2.21. The summed E-state index contributed by atoms with van der Waals surface area (Å²) in [5.41, 5.74) is 5.76. The van der Waals surface area contributed by atoms with Crippen molar-refractivity contribution in [3.05, 3.63) is 36.0 Å². The molecule has 0 bridgehead atoms. The van der Waals surface area contributed by atoms with Crippen LogP contribution in [0.2, 0.25) is 0 Å². The first kappa shape index (κ1) is 13.4. The van der Waals surface area contributed by atoms with Gasteiger partial charge < -0.3 is 14.9 Å². The van der Waals surface area contributed by atoms with Crippen LogP contribution in [0.5, 0.6) is 0 Å². The van der Waals surface area contributed by atoms with Gasteiger partial charge in [-0.2, -0.15) is 0 Å². The number of halogens is 1. The third kappa shape index (κ3) is 3.05. The molecular weight excluding hydrogens is 271 g/mol. The topological polar surface area (TPSA) is 78.3 Å². The molecule has 2 aromatic rings. The van der Waals surface area contributed by atoms with Gasteiger partial charge in [0.15, 0.2) is 0 Å². The van der Waals surface area contributed by atoms with E-state index in [1.165, 1.54) is 18.5 Å². The van der Waals surface area contributed by atoms with Crippen molar-refractivity contribution in [3.8, 4) is 0 Å². The van der Waals surface area contributed by atoms with E-state index in [1.807, 2.05) is 0 Å². The van der Waals surface area contributed by atoms with Gasteiger partial charge in [0.05, 0.1) is 23.3 Å². The first-order valence-corrected chi connectivity index (χ1v) is 6.27. The van der Waals surface area contributed by atoms with Gasteiger partial charge in [0.2, 0.25) is 0 Å². The molecular formula is C12H11FN2O3S. The summed E-state index contributed by atoms with van der Waals surface area (Å²) in [6.45, 7) is 1.90. The molecule has 0 fully saturated rings. The van der Waals surface area contributed by atoms with Crippen molar-refractivity contribution in [2.24, 2.45) is 0 Å². The van der Waals surface area contributed by atoms with Gasteiger partial charge in [0.25, 0.3) is 5.22 Å². The van der Waals surface area contributed by atoms with Crippen LogP contribution in [0.1, 0.15) is 17.3 Å². The standard InChI is InChI=1S/C12H11FN2O3S/c1-2-17-11(16)7-5-10(8(13)6-9(7)14)19-12-15-3-4-18-12/h3-6H,2,14H2,1H3. The summed E-state index contributed by atoms with van der Waals surface area (Å²) in [6, 6.07) is 2.41. The van der Waals surface area contributed by atoms with E-state index in [1.54, 1.807) is 6.92 Å². The Labute approximate surface area is 113 Å². The molecule has 100 valence electrons. The van der Waals surface area contributed by atoms with Crippen LogP contribution in [-0.4, -0.2) is 17.6 Å². The number of esters is 1. The van der Waals surface area contributed by atoms with Crippen LogP contribution in [-0.2, 0) is 4.74 Å². The van der Waals surface area contributed by atoms with Crippen molar-refractivity contribution >= 4 is 23.4 Å². The Morgan fingerprint density at radius 2 is 2.37 bits per heavy atom. The number of nitrogens with zero attached hydrogens (tertiary/aromatic N) is 1. The van der Waals surface area contributed by atoms with Gasteiger partial charge in [-0.15, -0.1) is 0 Å². The smallest absolute Gasteiger partial charge is 0.340 e. The van der Waals surface area contributed by atoms with Crippen LogP contribution in [0.15, 0.2) is 39.1 Å². The highest BCUT2D eigenvalue weighted by atomic mass is 32.2. The van der Waals surface area contributed by atoms with Crippen molar-refractivity contribution < 1.29 is 18.3 Å². The number of nitrogen functional groups attached to an aromatic ring is 1. The van der Waals surface area contributed by atoms with E-state index in [4.69, 9.17) is 14.9 Å². The molecule has 2 N–H and O–H groups in total. The molecule has 0 spiro atoms. The predicted molar refractivity (Wildman–Crippen MR) is 67.4 cm³/mol. The number of oxazole rings is 1. The molecule has 0 saturated carbocycles. The quantitative estimate of drug-likeness (QED) is 0.686. The summed E-state index contributed by atoms with van der Waals surface area (Å²) in [7, 11) is 0. The fourth-order valence-electron chi connectivity index (χ4n) is 1.39. The van der Waals surface area contributed by atoms with Crippen molar-refractivity contribution in [2.75, 3.05) is 12.3 Å². The minimum Gasteiger partial charge on any atom is -0.462 e. The number of anilines is 1. The number of hydrogen-bond acceptors (Lipinski definition) is 6. The largest absolute Gasteiger partial charge is 0.462 e. The molecule has 0 aliphatic heterocycles. The lowest BCUT2D eigenvalue weighted by atomic mass is 10.2. The maximum absolute atomic E-state index is 13.7. The van der Waals surface area contributed by atoms with E-state index < -0.39 is 11.8 Å². The Balaban J connectivity index is 2.33. The van der Waals surface area contributed by atoms with Gasteiger partial charge >= 0.3 is 5.97 Å². The van der Waals surface area contributed by atoms with Crippen LogP contribution < -0.4 is 5.73 Å². The minimum absolute atomic E-state index is 0.0349. The average molecular weight is 282 g/mol. The molecule has 1 aromatic heterocycles. The van der Waals surface area contributed by atoms with E-state index in [-0.39, 0.29) is 28.0 Å². The Hall–Kier alpha value is -2.02. The second kappa shape index (κ2) is 5.75. The zero-order valence-corrected chi connectivity index (χ0v) is 10.9. The second-order valence-electron chi connectivity index (χ2n) is 3.49. The molecule has 0 atom stereocenters. The lowest BCUT2D eigenvalue weighted by Crippen LogP contribution is -2.08. The summed E-state index contributed by atoms with van der Waals surface area (Å²) in [5, 5.41) is 0.276. The molecule has 0 aliphatic carbocycles. The Morgan fingerprint density at radius 3 is 3.00 bits per heavy atom. The van der Waals surface area contributed by atoms with Gasteiger partial charge in [-0.3, -0.25) is 0 Å². The maximum Gasteiger partial charge on any atom is 0.340 e. The SMILES string of the molecule is CCOC(=O)c1cc(Sc2ncco2)c(F)cc1N. The van der Waals surface area contributed by atoms with Crippen molar-refractivity contribution in [3.63, 3.8) is 0 Å². The zero-order chi connectivity index (χ0) is 13.8. The Bertz CT molecular complexity index is 587. The third-order valence-corrected chi connectivity index (χ3v) is 3.12. The minimum atomic E-state index is -0.589. The first-order valence-electron chi connectivity index (χ1n) is 5.45. The molecule has 0 unspecified atom stereocenters. The van der Waals surface area contributed by atoms with E-state index in [2.05, 4.69) is 4.98 Å². The highest BCUT2D eigenvalue weighted by Crippen LogP contribution is 2.31. The molecule has 0 saturated heterocycles. The van der Waals surface area contributed by atoms with Crippen LogP contribution in [0.4, 0.5) is 10.1 Å². The number of aromatic nitrogens is 1. The summed E-state index contributed by atoms with van der Waals surface area (Å²) in [6.07, 6.45) is 2.83. The Morgan fingerprint density at radius 1 is 1.58 bits per heavy atom. The summed E-state index contributed by atoms with van der Waals surface area (Å²) >= 11 is 0.963. The molecule has 0 aliphatic rings. The molecule has 7 heteroatoms. The van der Waals surface area contributed by atoms with Crippen LogP contribution >= 0.6 is 11.8 Å². The van der Waals surface area contributed by atoms with E-state index in [0.717, 1.165) is 17.8 Å². The number of nitrogens with two attached hydrogens (primary N) is 1. The lowest BCUT2D eigenvalue weighted by molar-refractivity contribution is 0.0527. The van der Waals surface area contributed by atoms with E-state index in [9.17, 15) is 9.18 Å². The number of benzene rings is 1. The van der Waals surface area contributed by atoms with Crippen LogP contribution in [0, 0.1) is 5.82 Å². The van der Waals surface area contributed by atoms with Crippen molar-refractivity contribution in [1.82, 2.24) is 4.98 Å². The van der Waals surface area contributed by atoms with E-state index >= 15 is 0 Å². The van der Waals surface area contributed by atoms with Crippen LogP contribution in [0.25, 0.3) is 0 Å². The number of carbonyl (C=O) groups excluding carboxylic acids is 1. The lowest BCUT2D eigenvalue weighted by Gasteiger charge is -2.08. The molecule has 0 radical (unpaired) electrons. The summed E-state index contributed by atoms with van der Waals surface area (Å²) in [5.74, 6) is -1.14. The normalized spacial score (nSPS) is 10.4. The number of carbonyl (C=O) groups is 1. The number of rotatable bonds is 4. The predicted octanol–water partition coefficient (Wildman–Crippen LogP) is 2.72. The average Bonchev–Trinajstić information content (AvgIpc) is 2.85. The van der Waals surface area contributed by atoms with Crippen molar-refractivity contribution in [1.29, 1.82) is 0 Å². The fraction of sp³-hybridized carbons (Fsp3) is 0.167. The second-order valence-corrected chi connectivity index (χ2v) is 4.48.